The summed E-state index contributed by atoms with van der Waals surface area (Å²) in [5, 5.41) is 0. The first-order chi connectivity index (χ1) is 9.61. The Morgan fingerprint density at radius 1 is 1.30 bits per heavy atom. The Balaban J connectivity index is 2.05. The van der Waals surface area contributed by atoms with Crippen LogP contribution >= 0.6 is 0 Å². The molecule has 2 rings (SSSR count). The Kier molecular flexibility index (Phi) is 4.45. The normalized spacial score (nSPS) is 14.2. The van der Waals surface area contributed by atoms with Gasteiger partial charge in [-0.05, 0) is 25.0 Å². The first-order valence-corrected chi connectivity index (χ1v) is 6.50. The number of anilines is 1. The van der Waals surface area contributed by atoms with Crippen LogP contribution in [0.4, 0.5) is 5.69 Å². The molecule has 1 aromatic carbocycles. The number of methoxy groups -OCH3 is 1. The number of hydrogen-bond acceptors (Lipinski definition) is 5. The standard InChI is InChI=1S/C14H18N2O4/c1-19-14(18)11-5-4-10(15)8-12(11)20-9-13(17)16-6-2-3-7-16/h4-5,8H,2-3,6-7,9,15H2,1H3. The van der Waals surface area contributed by atoms with E-state index in [1.54, 1.807) is 11.0 Å². The van der Waals surface area contributed by atoms with E-state index >= 15 is 0 Å². The van der Waals surface area contributed by atoms with E-state index in [2.05, 4.69) is 4.74 Å². The second-order valence-electron chi connectivity index (χ2n) is 4.62. The molecule has 1 aromatic rings. The van der Waals surface area contributed by atoms with Crippen LogP contribution in [0.5, 0.6) is 5.75 Å². The van der Waals surface area contributed by atoms with Crippen molar-refractivity contribution in [2.75, 3.05) is 32.5 Å². The summed E-state index contributed by atoms with van der Waals surface area (Å²) in [6.07, 6.45) is 2.05. The SMILES string of the molecule is COC(=O)c1ccc(N)cc1OCC(=O)N1CCCC1. The Bertz CT molecular complexity index is 510. The van der Waals surface area contributed by atoms with E-state index < -0.39 is 5.97 Å². The lowest BCUT2D eigenvalue weighted by Crippen LogP contribution is -2.32. The van der Waals surface area contributed by atoms with Crippen LogP contribution in [-0.4, -0.2) is 43.6 Å². The van der Waals surface area contributed by atoms with Crippen LogP contribution in [0.2, 0.25) is 0 Å². The van der Waals surface area contributed by atoms with Gasteiger partial charge < -0.3 is 20.1 Å². The van der Waals surface area contributed by atoms with Gasteiger partial charge in [-0.15, -0.1) is 0 Å². The van der Waals surface area contributed by atoms with Gasteiger partial charge in [-0.25, -0.2) is 4.79 Å². The topological polar surface area (TPSA) is 81.9 Å². The number of benzene rings is 1. The molecule has 1 amide bonds. The van der Waals surface area contributed by atoms with E-state index in [0.717, 1.165) is 25.9 Å². The average Bonchev–Trinajstić information content (AvgIpc) is 2.98. The Hall–Kier alpha value is -2.24. The minimum Gasteiger partial charge on any atom is -0.483 e. The second-order valence-corrected chi connectivity index (χ2v) is 4.62. The highest BCUT2D eigenvalue weighted by atomic mass is 16.5. The molecule has 6 nitrogen and oxygen atoms in total. The molecule has 2 N–H and O–H groups in total. The van der Waals surface area contributed by atoms with E-state index in [-0.39, 0.29) is 23.8 Å². The first kappa shape index (κ1) is 14.2. The highest BCUT2D eigenvalue weighted by Gasteiger charge is 2.20. The van der Waals surface area contributed by atoms with Crippen molar-refractivity contribution in [3.8, 4) is 5.75 Å². The Morgan fingerprint density at radius 3 is 2.65 bits per heavy atom. The number of carbonyl (C=O) groups is 2. The van der Waals surface area contributed by atoms with Crippen molar-refractivity contribution in [3.05, 3.63) is 23.8 Å². The number of rotatable bonds is 4. The van der Waals surface area contributed by atoms with Crippen LogP contribution in [-0.2, 0) is 9.53 Å². The maximum Gasteiger partial charge on any atom is 0.341 e. The van der Waals surface area contributed by atoms with Crippen molar-refractivity contribution in [1.29, 1.82) is 0 Å². The molecule has 1 heterocycles. The lowest BCUT2D eigenvalue weighted by molar-refractivity contribution is -0.132. The Morgan fingerprint density at radius 2 is 2.00 bits per heavy atom. The van der Waals surface area contributed by atoms with Crippen LogP contribution < -0.4 is 10.5 Å². The van der Waals surface area contributed by atoms with Gasteiger partial charge in [-0.1, -0.05) is 0 Å². The molecule has 0 atom stereocenters. The lowest BCUT2D eigenvalue weighted by atomic mass is 10.2. The highest BCUT2D eigenvalue weighted by Crippen LogP contribution is 2.23. The van der Waals surface area contributed by atoms with Gasteiger partial charge in [0.05, 0.1) is 7.11 Å². The van der Waals surface area contributed by atoms with E-state index in [0.29, 0.717) is 5.69 Å². The summed E-state index contributed by atoms with van der Waals surface area (Å²) in [5.41, 5.74) is 6.39. The first-order valence-electron chi connectivity index (χ1n) is 6.50. The zero-order valence-electron chi connectivity index (χ0n) is 11.4. The number of ether oxygens (including phenoxy) is 2. The number of carbonyl (C=O) groups excluding carboxylic acids is 2. The molecular weight excluding hydrogens is 260 g/mol. The summed E-state index contributed by atoms with van der Waals surface area (Å²) < 4.78 is 10.1. The van der Waals surface area contributed by atoms with Gasteiger partial charge in [0.25, 0.3) is 5.91 Å². The molecule has 1 saturated heterocycles. The van der Waals surface area contributed by atoms with Crippen LogP contribution in [0, 0.1) is 0 Å². The fourth-order valence-corrected chi connectivity index (χ4v) is 2.13. The van der Waals surface area contributed by atoms with Crippen molar-refractivity contribution in [2.45, 2.75) is 12.8 Å². The molecule has 0 radical (unpaired) electrons. The molecule has 0 saturated carbocycles. The fraction of sp³-hybridized carbons (Fsp3) is 0.429. The Labute approximate surface area is 117 Å². The monoisotopic (exact) mass is 278 g/mol. The molecule has 0 bridgehead atoms. The van der Waals surface area contributed by atoms with Crippen LogP contribution in [0.1, 0.15) is 23.2 Å². The predicted molar refractivity (Wildman–Crippen MR) is 73.5 cm³/mol. The summed E-state index contributed by atoms with van der Waals surface area (Å²) in [7, 11) is 1.29. The van der Waals surface area contributed by atoms with Crippen LogP contribution in [0.25, 0.3) is 0 Å². The molecule has 1 aliphatic heterocycles. The van der Waals surface area contributed by atoms with Gasteiger partial charge in [-0.3, -0.25) is 4.79 Å². The molecule has 0 aromatic heterocycles. The van der Waals surface area contributed by atoms with E-state index in [4.69, 9.17) is 10.5 Å². The molecular formula is C14H18N2O4. The number of amides is 1. The maximum atomic E-state index is 11.9. The van der Waals surface area contributed by atoms with Gasteiger partial charge in [0.2, 0.25) is 0 Å². The lowest BCUT2D eigenvalue weighted by Gasteiger charge is -2.16. The fourth-order valence-electron chi connectivity index (χ4n) is 2.13. The number of nitrogens with two attached hydrogens (primary N) is 1. The molecule has 1 fully saturated rings. The quantitative estimate of drug-likeness (QED) is 0.657. The van der Waals surface area contributed by atoms with E-state index in [9.17, 15) is 9.59 Å². The number of nitrogen functional groups attached to an aromatic ring is 1. The molecule has 108 valence electrons. The summed E-state index contributed by atoms with van der Waals surface area (Å²) in [6, 6.07) is 4.63. The van der Waals surface area contributed by atoms with Crippen molar-refractivity contribution >= 4 is 17.6 Å². The van der Waals surface area contributed by atoms with Gasteiger partial charge in [0.1, 0.15) is 11.3 Å². The summed E-state index contributed by atoms with van der Waals surface area (Å²) in [5.74, 6) is -0.334. The van der Waals surface area contributed by atoms with E-state index in [1.807, 2.05) is 0 Å². The zero-order valence-corrected chi connectivity index (χ0v) is 11.4. The minimum atomic E-state index is -0.520. The third-order valence-corrected chi connectivity index (χ3v) is 3.22. The molecule has 6 heteroatoms. The van der Waals surface area contributed by atoms with Crippen molar-refractivity contribution < 1.29 is 19.1 Å². The van der Waals surface area contributed by atoms with Crippen LogP contribution in [0.15, 0.2) is 18.2 Å². The second kappa shape index (κ2) is 6.27. The molecule has 1 aliphatic rings. The number of nitrogens with zero attached hydrogens (tertiary/aromatic N) is 1. The van der Waals surface area contributed by atoms with Gasteiger partial charge in [0, 0.05) is 24.8 Å². The summed E-state index contributed by atoms with van der Waals surface area (Å²) in [6.45, 7) is 1.43. The molecule has 0 aliphatic carbocycles. The number of hydrogen-bond donors (Lipinski definition) is 1. The zero-order chi connectivity index (χ0) is 14.5. The third kappa shape index (κ3) is 3.20. The van der Waals surface area contributed by atoms with Crippen molar-refractivity contribution in [3.63, 3.8) is 0 Å². The maximum absolute atomic E-state index is 11.9. The number of esters is 1. The number of likely N-dealkylation sites (tertiary alicyclic amines) is 1. The highest BCUT2D eigenvalue weighted by molar-refractivity contribution is 5.93. The van der Waals surface area contributed by atoms with Crippen molar-refractivity contribution in [2.24, 2.45) is 0 Å². The predicted octanol–water partition coefficient (Wildman–Crippen LogP) is 1.06. The molecule has 20 heavy (non-hydrogen) atoms. The molecule has 0 spiro atoms. The summed E-state index contributed by atoms with van der Waals surface area (Å²) >= 11 is 0. The van der Waals surface area contributed by atoms with Gasteiger partial charge in [0.15, 0.2) is 6.61 Å². The molecule has 0 unspecified atom stereocenters. The van der Waals surface area contributed by atoms with Crippen molar-refractivity contribution in [1.82, 2.24) is 4.90 Å². The average molecular weight is 278 g/mol. The minimum absolute atomic E-state index is 0.0826. The van der Waals surface area contributed by atoms with Gasteiger partial charge in [-0.2, -0.15) is 0 Å². The van der Waals surface area contributed by atoms with Gasteiger partial charge >= 0.3 is 5.97 Å². The van der Waals surface area contributed by atoms with E-state index in [1.165, 1.54) is 19.2 Å². The van der Waals surface area contributed by atoms with Crippen LogP contribution in [0.3, 0.4) is 0 Å². The third-order valence-electron chi connectivity index (χ3n) is 3.22. The summed E-state index contributed by atoms with van der Waals surface area (Å²) in [4.78, 5) is 25.3. The smallest absolute Gasteiger partial charge is 0.341 e. The largest absolute Gasteiger partial charge is 0.483 e.